The lowest BCUT2D eigenvalue weighted by Crippen LogP contribution is -2.35. The smallest absolute Gasteiger partial charge is 0.253 e. The zero-order valence-electron chi connectivity index (χ0n) is 19.0. The summed E-state index contributed by atoms with van der Waals surface area (Å²) >= 11 is 0. The van der Waals surface area contributed by atoms with Crippen molar-refractivity contribution in [1.82, 2.24) is 30.2 Å². The first-order valence-corrected chi connectivity index (χ1v) is 11.7. The molecule has 0 saturated carbocycles. The van der Waals surface area contributed by atoms with E-state index in [4.69, 9.17) is 0 Å². The largest absolute Gasteiger partial charge is 0.338 e. The lowest BCUT2D eigenvalue weighted by atomic mass is 10.0. The molecule has 0 aliphatic carbocycles. The molecule has 4 aromatic rings. The van der Waals surface area contributed by atoms with Crippen molar-refractivity contribution in [1.29, 1.82) is 0 Å². The number of H-pyrrole nitrogens is 1. The van der Waals surface area contributed by atoms with E-state index in [9.17, 15) is 9.59 Å². The van der Waals surface area contributed by atoms with Crippen molar-refractivity contribution in [3.8, 4) is 11.1 Å². The molecule has 6 rings (SSSR count). The van der Waals surface area contributed by atoms with Crippen LogP contribution in [0.5, 0.6) is 0 Å². The molecule has 0 spiro atoms. The van der Waals surface area contributed by atoms with Gasteiger partial charge in [-0.1, -0.05) is 36.4 Å². The predicted molar refractivity (Wildman–Crippen MR) is 132 cm³/mol. The van der Waals surface area contributed by atoms with Crippen molar-refractivity contribution in [2.24, 2.45) is 11.8 Å². The van der Waals surface area contributed by atoms with Gasteiger partial charge in [0.1, 0.15) is 11.0 Å². The molecule has 2 fully saturated rings. The van der Waals surface area contributed by atoms with Crippen molar-refractivity contribution in [3.63, 3.8) is 0 Å². The summed E-state index contributed by atoms with van der Waals surface area (Å²) in [6.45, 7) is 2.66. The number of hydrogen-bond donors (Lipinski definition) is 1. The van der Waals surface area contributed by atoms with Crippen LogP contribution in [0.1, 0.15) is 16.1 Å². The Labute approximate surface area is 202 Å². The van der Waals surface area contributed by atoms with E-state index in [1.54, 1.807) is 30.4 Å². The fraction of sp³-hybridized carbons (Fsp3) is 0.222. The lowest BCUT2D eigenvalue weighted by molar-refractivity contribution is -0.125. The number of nitrogens with zero attached hydrogens (tertiary/aromatic N) is 5. The van der Waals surface area contributed by atoms with Gasteiger partial charge in [-0.3, -0.25) is 14.6 Å². The molecule has 2 amide bonds. The number of hydrogen-bond acceptors (Lipinski definition) is 5. The highest BCUT2D eigenvalue weighted by Crippen LogP contribution is 2.32. The molecule has 2 saturated heterocycles. The number of aromatic amines is 1. The third-order valence-electron chi connectivity index (χ3n) is 6.94. The number of rotatable bonds is 4. The standard InChI is InChI=1S/C27H24N6O2/c34-26(11-9-23-8-6-20(13-28-23)18-4-2-1-3-5-18)32-14-21-16-33(17-22(21)15-32)27(35)19-7-10-24-25(12-19)30-31-29-24/h1-13,21-22H,14-17H2,(H,29,30,31)/b11-9+. The van der Waals surface area contributed by atoms with E-state index in [-0.39, 0.29) is 11.8 Å². The van der Waals surface area contributed by atoms with Crippen LogP contribution in [0.3, 0.4) is 0 Å². The highest BCUT2D eigenvalue weighted by atomic mass is 16.2. The summed E-state index contributed by atoms with van der Waals surface area (Å²) in [5.74, 6) is 0.598. The summed E-state index contributed by atoms with van der Waals surface area (Å²) in [5.41, 5.74) is 4.95. The van der Waals surface area contributed by atoms with Gasteiger partial charge >= 0.3 is 0 Å². The molecular weight excluding hydrogens is 440 g/mol. The molecule has 8 nitrogen and oxygen atoms in total. The molecule has 35 heavy (non-hydrogen) atoms. The molecule has 2 aromatic carbocycles. The Bertz CT molecular complexity index is 1400. The molecule has 1 N–H and O–H groups in total. The molecule has 2 aliphatic heterocycles. The number of likely N-dealkylation sites (tertiary alicyclic amines) is 2. The Balaban J connectivity index is 1.05. The minimum Gasteiger partial charge on any atom is -0.338 e. The average molecular weight is 465 g/mol. The van der Waals surface area contributed by atoms with Gasteiger partial charge in [0.25, 0.3) is 5.91 Å². The van der Waals surface area contributed by atoms with E-state index in [0.717, 1.165) is 22.3 Å². The van der Waals surface area contributed by atoms with Gasteiger partial charge in [0.2, 0.25) is 5.91 Å². The van der Waals surface area contributed by atoms with Crippen LogP contribution >= 0.6 is 0 Å². The van der Waals surface area contributed by atoms with Crippen LogP contribution < -0.4 is 0 Å². The molecule has 2 aliphatic rings. The fourth-order valence-electron chi connectivity index (χ4n) is 5.06. The number of carbonyl (C=O) groups is 2. The number of aromatic nitrogens is 4. The monoisotopic (exact) mass is 464 g/mol. The van der Waals surface area contributed by atoms with Crippen LogP contribution in [0.15, 0.2) is 72.9 Å². The highest BCUT2D eigenvalue weighted by Gasteiger charge is 2.42. The zero-order valence-corrected chi connectivity index (χ0v) is 19.0. The Kier molecular flexibility index (Phi) is 5.33. The Morgan fingerprint density at radius 2 is 1.57 bits per heavy atom. The lowest BCUT2D eigenvalue weighted by Gasteiger charge is -2.21. The first kappa shape index (κ1) is 21.2. The summed E-state index contributed by atoms with van der Waals surface area (Å²) in [6, 6.07) is 19.4. The Morgan fingerprint density at radius 1 is 0.829 bits per heavy atom. The van der Waals surface area contributed by atoms with Crippen LogP contribution in [-0.2, 0) is 4.79 Å². The van der Waals surface area contributed by atoms with Gasteiger partial charge < -0.3 is 9.80 Å². The van der Waals surface area contributed by atoms with E-state index in [0.29, 0.717) is 49.1 Å². The van der Waals surface area contributed by atoms with Crippen molar-refractivity contribution < 1.29 is 9.59 Å². The van der Waals surface area contributed by atoms with Gasteiger partial charge in [-0.25, -0.2) is 0 Å². The number of benzene rings is 2. The molecule has 2 atom stereocenters. The topological polar surface area (TPSA) is 95.1 Å². The number of fused-ring (bicyclic) bond motifs is 2. The van der Waals surface area contributed by atoms with Crippen LogP contribution in [-0.4, -0.2) is 68.2 Å². The number of carbonyl (C=O) groups excluding carboxylic acids is 2. The zero-order chi connectivity index (χ0) is 23.8. The summed E-state index contributed by atoms with van der Waals surface area (Å²) in [7, 11) is 0. The van der Waals surface area contributed by atoms with Crippen molar-refractivity contribution in [3.05, 3.63) is 84.2 Å². The number of pyridine rings is 1. The van der Waals surface area contributed by atoms with Gasteiger partial charge in [-0.05, 0) is 35.9 Å². The Hall–Kier alpha value is -4.33. The average Bonchev–Trinajstić information content (AvgIpc) is 3.62. The van der Waals surface area contributed by atoms with Crippen molar-refractivity contribution in [2.45, 2.75) is 0 Å². The summed E-state index contributed by atoms with van der Waals surface area (Å²) in [5, 5.41) is 10.7. The third-order valence-corrected chi connectivity index (χ3v) is 6.94. The molecule has 0 bridgehead atoms. The van der Waals surface area contributed by atoms with Gasteiger partial charge in [0, 0.05) is 61.4 Å². The quantitative estimate of drug-likeness (QED) is 0.468. The normalized spacial score (nSPS) is 19.5. The van der Waals surface area contributed by atoms with Crippen LogP contribution in [0, 0.1) is 11.8 Å². The summed E-state index contributed by atoms with van der Waals surface area (Å²) in [6.07, 6.45) is 5.19. The fourth-order valence-corrected chi connectivity index (χ4v) is 5.06. The third kappa shape index (κ3) is 4.19. The van der Waals surface area contributed by atoms with E-state index in [1.165, 1.54) is 0 Å². The van der Waals surface area contributed by atoms with E-state index in [1.807, 2.05) is 58.5 Å². The maximum absolute atomic E-state index is 13.0. The second-order valence-electron chi connectivity index (χ2n) is 9.17. The molecule has 4 heterocycles. The van der Waals surface area contributed by atoms with E-state index in [2.05, 4.69) is 20.4 Å². The van der Waals surface area contributed by atoms with Gasteiger partial charge in [-0.2, -0.15) is 15.4 Å². The second-order valence-corrected chi connectivity index (χ2v) is 9.17. The second kappa shape index (κ2) is 8.79. The van der Waals surface area contributed by atoms with Crippen molar-refractivity contribution in [2.75, 3.05) is 26.2 Å². The Morgan fingerprint density at radius 3 is 2.31 bits per heavy atom. The number of amides is 2. The highest BCUT2D eigenvalue weighted by molar-refractivity contribution is 5.97. The first-order chi connectivity index (χ1) is 17.1. The maximum atomic E-state index is 13.0. The van der Waals surface area contributed by atoms with Gasteiger partial charge in [-0.15, -0.1) is 0 Å². The maximum Gasteiger partial charge on any atom is 0.253 e. The molecule has 8 heteroatoms. The molecule has 0 radical (unpaired) electrons. The summed E-state index contributed by atoms with van der Waals surface area (Å²) in [4.78, 5) is 34.0. The van der Waals surface area contributed by atoms with Crippen LogP contribution in [0.4, 0.5) is 0 Å². The molecule has 2 aromatic heterocycles. The van der Waals surface area contributed by atoms with E-state index >= 15 is 0 Å². The first-order valence-electron chi connectivity index (χ1n) is 11.7. The number of nitrogens with one attached hydrogen (secondary N) is 1. The predicted octanol–water partition coefficient (Wildman–Crippen LogP) is 3.26. The summed E-state index contributed by atoms with van der Waals surface area (Å²) < 4.78 is 0. The molecule has 174 valence electrons. The molecular formula is C27H24N6O2. The molecule has 2 unspecified atom stereocenters. The van der Waals surface area contributed by atoms with Crippen LogP contribution in [0.2, 0.25) is 0 Å². The minimum absolute atomic E-state index is 0.00657. The van der Waals surface area contributed by atoms with Crippen LogP contribution in [0.25, 0.3) is 28.2 Å². The van der Waals surface area contributed by atoms with Gasteiger partial charge in [0.05, 0.1) is 5.69 Å². The minimum atomic E-state index is -0.0114. The van der Waals surface area contributed by atoms with Crippen molar-refractivity contribution >= 4 is 28.9 Å². The van der Waals surface area contributed by atoms with Gasteiger partial charge in [0.15, 0.2) is 0 Å². The SMILES string of the molecule is O=C(/C=C/c1ccc(-c2ccccc2)cn1)N1CC2CN(C(=O)c3ccc4n[nH]nc4c3)CC2C1. The van der Waals surface area contributed by atoms with E-state index < -0.39 is 0 Å².